The Morgan fingerprint density at radius 3 is 2.71 bits per heavy atom. The lowest BCUT2D eigenvalue weighted by Gasteiger charge is -2.05. The zero-order valence-corrected chi connectivity index (χ0v) is 10.6. The van der Waals surface area contributed by atoms with E-state index < -0.39 is 16.5 Å². The van der Waals surface area contributed by atoms with Gasteiger partial charge in [-0.3, -0.25) is 29.9 Å². The van der Waals surface area contributed by atoms with Crippen molar-refractivity contribution in [3.63, 3.8) is 0 Å². The van der Waals surface area contributed by atoms with Crippen LogP contribution >= 0.6 is 0 Å². The zero-order chi connectivity index (χ0) is 15.4. The standard InChI is InChI=1S/C11H10N6O4/c12-15-10(18)7-1-2-8(13-3-7)5-16-6-9(17(20)21)4-14-11(16)19/h1-4,6H,5,12H2,(H,15,18). The van der Waals surface area contributed by atoms with E-state index in [0.29, 0.717) is 5.69 Å². The van der Waals surface area contributed by atoms with Crippen LogP contribution < -0.4 is 17.0 Å². The second-order valence-corrected chi connectivity index (χ2v) is 3.99. The van der Waals surface area contributed by atoms with E-state index in [1.54, 1.807) is 0 Å². The molecule has 0 saturated carbocycles. The third-order valence-electron chi connectivity index (χ3n) is 2.60. The first kappa shape index (κ1) is 14.3. The predicted octanol–water partition coefficient (Wildman–Crippen LogP) is -0.802. The van der Waals surface area contributed by atoms with Crippen molar-refractivity contribution in [1.82, 2.24) is 20.0 Å². The Labute approximate surface area is 117 Å². The number of hydrazine groups is 1. The first-order valence-electron chi connectivity index (χ1n) is 5.68. The summed E-state index contributed by atoms with van der Waals surface area (Å²) in [6, 6.07) is 2.98. The molecule has 21 heavy (non-hydrogen) atoms. The van der Waals surface area contributed by atoms with E-state index in [2.05, 4.69) is 9.97 Å². The summed E-state index contributed by atoms with van der Waals surface area (Å²) in [5.41, 5.74) is 1.72. The second kappa shape index (κ2) is 5.88. The van der Waals surface area contributed by atoms with Gasteiger partial charge in [-0.25, -0.2) is 10.6 Å². The average molecular weight is 290 g/mol. The quantitative estimate of drug-likeness (QED) is 0.324. The first-order valence-corrected chi connectivity index (χ1v) is 5.68. The fraction of sp³-hybridized carbons (Fsp3) is 0.0909. The molecule has 0 bridgehead atoms. The van der Waals surface area contributed by atoms with Crippen LogP contribution in [0.3, 0.4) is 0 Å². The molecule has 0 fully saturated rings. The van der Waals surface area contributed by atoms with Crippen molar-refractivity contribution in [1.29, 1.82) is 0 Å². The fourth-order valence-corrected chi connectivity index (χ4v) is 1.56. The van der Waals surface area contributed by atoms with E-state index in [9.17, 15) is 19.7 Å². The van der Waals surface area contributed by atoms with Gasteiger partial charge in [-0.15, -0.1) is 0 Å². The highest BCUT2D eigenvalue weighted by Crippen LogP contribution is 2.07. The number of amides is 1. The summed E-state index contributed by atoms with van der Waals surface area (Å²) in [7, 11) is 0. The van der Waals surface area contributed by atoms with Crippen LogP contribution in [-0.2, 0) is 6.54 Å². The summed E-state index contributed by atoms with van der Waals surface area (Å²) < 4.78 is 1.06. The summed E-state index contributed by atoms with van der Waals surface area (Å²) in [6.07, 6.45) is 3.26. The van der Waals surface area contributed by atoms with Crippen LogP contribution in [0.2, 0.25) is 0 Å². The Bertz CT molecular complexity index is 739. The SMILES string of the molecule is NNC(=O)c1ccc(Cn2cc([N+](=O)[O-])cnc2=O)nc1. The van der Waals surface area contributed by atoms with Crippen LogP contribution in [0, 0.1) is 10.1 Å². The van der Waals surface area contributed by atoms with E-state index in [-0.39, 0.29) is 17.8 Å². The third-order valence-corrected chi connectivity index (χ3v) is 2.60. The van der Waals surface area contributed by atoms with Gasteiger partial charge in [-0.2, -0.15) is 4.98 Å². The Morgan fingerprint density at radius 1 is 1.38 bits per heavy atom. The lowest BCUT2D eigenvalue weighted by molar-refractivity contribution is -0.385. The van der Waals surface area contributed by atoms with Crippen LogP contribution in [0.15, 0.2) is 35.5 Å². The van der Waals surface area contributed by atoms with Crippen molar-refractivity contribution < 1.29 is 9.72 Å². The molecule has 108 valence electrons. The van der Waals surface area contributed by atoms with Gasteiger partial charge in [-0.05, 0) is 12.1 Å². The number of carbonyl (C=O) groups excluding carboxylic acids is 1. The lowest BCUT2D eigenvalue weighted by Crippen LogP contribution is -2.30. The van der Waals surface area contributed by atoms with Gasteiger partial charge in [0.25, 0.3) is 5.91 Å². The molecule has 0 radical (unpaired) electrons. The number of nitrogen functional groups attached to an aromatic ring is 1. The fourth-order valence-electron chi connectivity index (χ4n) is 1.56. The van der Waals surface area contributed by atoms with Gasteiger partial charge in [0.05, 0.1) is 28.9 Å². The molecule has 2 heterocycles. The maximum absolute atomic E-state index is 11.5. The van der Waals surface area contributed by atoms with Gasteiger partial charge in [0, 0.05) is 6.20 Å². The molecule has 2 aromatic heterocycles. The van der Waals surface area contributed by atoms with Gasteiger partial charge < -0.3 is 0 Å². The molecule has 10 heteroatoms. The minimum absolute atomic E-state index is 0.00195. The van der Waals surface area contributed by atoms with Crippen molar-refractivity contribution in [2.75, 3.05) is 0 Å². The molecular weight excluding hydrogens is 280 g/mol. The van der Waals surface area contributed by atoms with E-state index in [1.165, 1.54) is 18.3 Å². The van der Waals surface area contributed by atoms with E-state index in [0.717, 1.165) is 17.0 Å². The van der Waals surface area contributed by atoms with Gasteiger partial charge >= 0.3 is 11.4 Å². The monoisotopic (exact) mass is 290 g/mol. The van der Waals surface area contributed by atoms with E-state index in [4.69, 9.17) is 5.84 Å². The molecule has 0 aliphatic carbocycles. The summed E-state index contributed by atoms with van der Waals surface area (Å²) in [4.78, 5) is 40.2. The van der Waals surface area contributed by atoms with Crippen molar-refractivity contribution >= 4 is 11.6 Å². The van der Waals surface area contributed by atoms with Gasteiger partial charge in [0.1, 0.15) is 6.20 Å². The number of aromatic nitrogens is 3. The van der Waals surface area contributed by atoms with Crippen LogP contribution in [0.4, 0.5) is 5.69 Å². The minimum atomic E-state index is -0.648. The van der Waals surface area contributed by atoms with E-state index in [1.807, 2.05) is 5.43 Å². The molecule has 0 atom stereocenters. The van der Waals surface area contributed by atoms with Crippen molar-refractivity contribution in [2.45, 2.75) is 6.54 Å². The molecule has 3 N–H and O–H groups in total. The van der Waals surface area contributed by atoms with Crippen LogP contribution in [-0.4, -0.2) is 25.4 Å². The maximum Gasteiger partial charge on any atom is 0.348 e. The minimum Gasteiger partial charge on any atom is -0.290 e. The normalized spacial score (nSPS) is 10.1. The molecule has 0 unspecified atom stereocenters. The summed E-state index contributed by atoms with van der Waals surface area (Å²) >= 11 is 0. The van der Waals surface area contributed by atoms with Crippen LogP contribution in [0.1, 0.15) is 16.1 Å². The van der Waals surface area contributed by atoms with Crippen LogP contribution in [0.25, 0.3) is 0 Å². The van der Waals surface area contributed by atoms with Crippen molar-refractivity contribution in [3.05, 3.63) is 62.6 Å². The lowest BCUT2D eigenvalue weighted by atomic mass is 10.2. The predicted molar refractivity (Wildman–Crippen MR) is 70.1 cm³/mol. The highest BCUT2D eigenvalue weighted by Gasteiger charge is 2.10. The average Bonchev–Trinajstić information content (AvgIpc) is 2.49. The Hall–Kier alpha value is -3.14. The summed E-state index contributed by atoms with van der Waals surface area (Å²) in [5.74, 6) is 4.49. The first-order chi connectivity index (χ1) is 10.0. The molecule has 1 amide bonds. The summed E-state index contributed by atoms with van der Waals surface area (Å²) in [5, 5.41) is 10.6. The molecule has 0 aliphatic rings. The molecule has 0 aliphatic heterocycles. The number of nitrogens with zero attached hydrogens (tertiary/aromatic N) is 4. The molecular formula is C11H10N6O4. The Kier molecular flexibility index (Phi) is 4.00. The molecule has 0 aromatic carbocycles. The number of hydrogen-bond donors (Lipinski definition) is 2. The number of pyridine rings is 1. The topological polar surface area (TPSA) is 146 Å². The van der Waals surface area contributed by atoms with Crippen molar-refractivity contribution in [3.8, 4) is 0 Å². The maximum atomic E-state index is 11.5. The number of hydrogen-bond acceptors (Lipinski definition) is 7. The molecule has 2 rings (SSSR count). The Morgan fingerprint density at radius 2 is 2.14 bits per heavy atom. The number of nitrogens with one attached hydrogen (secondary N) is 1. The molecule has 0 saturated heterocycles. The number of carbonyl (C=O) groups is 1. The zero-order valence-electron chi connectivity index (χ0n) is 10.6. The summed E-state index contributed by atoms with van der Waals surface area (Å²) in [6.45, 7) is -0.00195. The molecule has 10 nitrogen and oxygen atoms in total. The Balaban J connectivity index is 2.26. The number of nitrogens with two attached hydrogens (primary N) is 1. The highest BCUT2D eigenvalue weighted by atomic mass is 16.6. The van der Waals surface area contributed by atoms with Gasteiger partial charge in [-0.1, -0.05) is 0 Å². The number of rotatable bonds is 4. The number of nitro groups is 1. The highest BCUT2D eigenvalue weighted by molar-refractivity contribution is 5.93. The second-order valence-electron chi connectivity index (χ2n) is 3.99. The van der Waals surface area contributed by atoms with Gasteiger partial charge in [0.15, 0.2) is 0 Å². The molecule has 2 aromatic rings. The third kappa shape index (κ3) is 3.25. The van der Waals surface area contributed by atoms with E-state index >= 15 is 0 Å². The molecule has 0 spiro atoms. The largest absolute Gasteiger partial charge is 0.348 e. The van der Waals surface area contributed by atoms with Gasteiger partial charge in [0.2, 0.25) is 0 Å². The smallest absolute Gasteiger partial charge is 0.290 e. The van der Waals surface area contributed by atoms with Crippen LogP contribution in [0.5, 0.6) is 0 Å². The van der Waals surface area contributed by atoms with Crippen molar-refractivity contribution in [2.24, 2.45) is 5.84 Å².